The maximum absolute atomic E-state index is 13.7. The van der Waals surface area contributed by atoms with Crippen molar-refractivity contribution in [3.8, 4) is 0 Å². The monoisotopic (exact) mass is 408 g/mol. The van der Waals surface area contributed by atoms with E-state index in [2.05, 4.69) is 6.58 Å². The van der Waals surface area contributed by atoms with Gasteiger partial charge in [-0.3, -0.25) is 0 Å². The highest BCUT2D eigenvalue weighted by molar-refractivity contribution is 4.97. The first kappa shape index (κ1) is 25.0. The highest BCUT2D eigenvalue weighted by atomic mass is 19.4. The number of hydrogen-bond donors (Lipinski definition) is 0. The maximum Gasteiger partial charge on any atom is 0.431 e. The molecular weight excluding hydrogens is 389 g/mol. The second-order valence-corrected chi connectivity index (χ2v) is 6.33. The summed E-state index contributed by atoms with van der Waals surface area (Å²) in [5.74, 6) is -1.46. The van der Waals surface area contributed by atoms with E-state index < -0.39 is 67.9 Å². The third-order valence-corrected chi connectivity index (χ3v) is 4.07. The number of rotatable bonds is 9. The van der Waals surface area contributed by atoms with Crippen molar-refractivity contribution in [2.45, 2.75) is 75.3 Å². The van der Waals surface area contributed by atoms with E-state index in [1.807, 2.05) is 0 Å². The molecule has 0 bridgehead atoms. The lowest BCUT2D eigenvalue weighted by atomic mass is 9.84. The van der Waals surface area contributed by atoms with Gasteiger partial charge in [0.1, 0.15) is 0 Å². The number of hydrogen-bond acceptors (Lipinski definition) is 0. The standard InChI is InChI=1S/C15H19F11/c1-3-6-10(7-4-5-8-11(2,16)13(18,19)20)9-12(17,14(21,22)23)15(24,25)26/h3,10H,1,4-9H2,2H3. The Labute approximate surface area is 143 Å². The molecule has 2 unspecified atom stereocenters. The molecule has 0 aromatic rings. The third kappa shape index (κ3) is 6.29. The Morgan fingerprint density at radius 2 is 1.23 bits per heavy atom. The van der Waals surface area contributed by atoms with Crippen LogP contribution in [0.5, 0.6) is 0 Å². The zero-order valence-corrected chi connectivity index (χ0v) is 13.8. The van der Waals surface area contributed by atoms with Crippen LogP contribution in [0.2, 0.25) is 0 Å². The van der Waals surface area contributed by atoms with Crippen LogP contribution >= 0.6 is 0 Å². The second-order valence-electron chi connectivity index (χ2n) is 6.33. The Balaban J connectivity index is 4.98. The van der Waals surface area contributed by atoms with Crippen molar-refractivity contribution in [2.75, 3.05) is 0 Å². The van der Waals surface area contributed by atoms with Gasteiger partial charge in [-0.2, -0.15) is 39.5 Å². The van der Waals surface area contributed by atoms with Crippen LogP contribution < -0.4 is 0 Å². The highest BCUT2D eigenvalue weighted by Crippen LogP contribution is 2.50. The summed E-state index contributed by atoms with van der Waals surface area (Å²) in [5.41, 5.74) is -8.96. The van der Waals surface area contributed by atoms with E-state index in [0.29, 0.717) is 0 Å². The lowest BCUT2D eigenvalue weighted by Crippen LogP contribution is -2.54. The average molecular weight is 408 g/mol. The fourth-order valence-electron chi connectivity index (χ4n) is 2.36. The molecule has 0 fully saturated rings. The third-order valence-electron chi connectivity index (χ3n) is 4.07. The summed E-state index contributed by atoms with van der Waals surface area (Å²) in [6, 6.07) is 0. The largest absolute Gasteiger partial charge is 0.431 e. The van der Waals surface area contributed by atoms with Crippen LogP contribution in [0.4, 0.5) is 48.3 Å². The summed E-state index contributed by atoms with van der Waals surface area (Å²) in [5, 5.41) is 0. The highest BCUT2D eigenvalue weighted by Gasteiger charge is 2.72. The molecule has 0 amide bonds. The van der Waals surface area contributed by atoms with E-state index in [0.717, 1.165) is 6.08 Å². The number of unbranched alkanes of at least 4 members (excludes halogenated alkanes) is 1. The van der Waals surface area contributed by atoms with Crippen LogP contribution in [0.15, 0.2) is 12.7 Å². The first-order valence-corrected chi connectivity index (χ1v) is 7.58. The minimum absolute atomic E-state index is 0.286. The van der Waals surface area contributed by atoms with E-state index in [1.54, 1.807) is 0 Å². The summed E-state index contributed by atoms with van der Waals surface area (Å²) in [4.78, 5) is 0. The SMILES string of the molecule is C=CCC(CCCCC(C)(F)C(F)(F)F)CC(F)(C(F)(F)F)C(F)(F)F. The Hall–Kier alpha value is -1.03. The van der Waals surface area contributed by atoms with Crippen LogP contribution in [-0.4, -0.2) is 29.9 Å². The Morgan fingerprint density at radius 1 is 0.769 bits per heavy atom. The maximum atomic E-state index is 13.7. The first-order valence-electron chi connectivity index (χ1n) is 7.58. The zero-order chi connectivity index (χ0) is 21.0. The summed E-state index contributed by atoms with van der Waals surface area (Å²) in [7, 11) is 0. The summed E-state index contributed by atoms with van der Waals surface area (Å²) < 4.78 is 140. The molecule has 0 saturated heterocycles. The average Bonchev–Trinajstić information content (AvgIpc) is 2.39. The fraction of sp³-hybridized carbons (Fsp3) is 0.867. The Kier molecular flexibility index (Phi) is 8.00. The molecule has 0 N–H and O–H groups in total. The number of alkyl halides is 11. The molecular formula is C15H19F11. The van der Waals surface area contributed by atoms with Gasteiger partial charge in [0.05, 0.1) is 0 Å². The Bertz CT molecular complexity index is 428. The van der Waals surface area contributed by atoms with Gasteiger partial charge in [0.15, 0.2) is 0 Å². The minimum Gasteiger partial charge on any atom is -0.234 e. The van der Waals surface area contributed by atoms with Gasteiger partial charge in [-0.15, -0.1) is 6.58 Å². The molecule has 0 aliphatic carbocycles. The molecule has 0 heterocycles. The lowest BCUT2D eigenvalue weighted by Gasteiger charge is -2.33. The Morgan fingerprint density at radius 3 is 1.58 bits per heavy atom. The summed E-state index contributed by atoms with van der Waals surface area (Å²) in [6.07, 6.45) is -21.0. The molecule has 0 aliphatic heterocycles. The van der Waals surface area contributed by atoms with E-state index in [1.165, 1.54) is 0 Å². The van der Waals surface area contributed by atoms with Gasteiger partial charge in [0.25, 0.3) is 5.67 Å². The lowest BCUT2D eigenvalue weighted by molar-refractivity contribution is -0.346. The molecule has 0 radical (unpaired) electrons. The van der Waals surface area contributed by atoms with E-state index in [-0.39, 0.29) is 13.3 Å². The molecule has 0 aromatic heterocycles. The summed E-state index contributed by atoms with van der Waals surface area (Å²) in [6.45, 7) is 3.45. The van der Waals surface area contributed by atoms with E-state index in [4.69, 9.17) is 0 Å². The van der Waals surface area contributed by atoms with Crippen molar-refractivity contribution in [2.24, 2.45) is 5.92 Å². The number of halogens is 11. The molecule has 0 spiro atoms. The fourth-order valence-corrected chi connectivity index (χ4v) is 2.36. The van der Waals surface area contributed by atoms with Crippen LogP contribution in [-0.2, 0) is 0 Å². The van der Waals surface area contributed by atoms with Gasteiger partial charge in [0, 0.05) is 6.42 Å². The zero-order valence-electron chi connectivity index (χ0n) is 13.8. The van der Waals surface area contributed by atoms with E-state index in [9.17, 15) is 48.3 Å². The van der Waals surface area contributed by atoms with Crippen molar-refractivity contribution in [3.63, 3.8) is 0 Å². The molecule has 0 aromatic carbocycles. The molecule has 0 aliphatic rings. The minimum atomic E-state index is -6.20. The van der Waals surface area contributed by atoms with Crippen molar-refractivity contribution < 1.29 is 48.3 Å². The van der Waals surface area contributed by atoms with Gasteiger partial charge < -0.3 is 0 Å². The van der Waals surface area contributed by atoms with Gasteiger partial charge in [-0.25, -0.2) is 8.78 Å². The smallest absolute Gasteiger partial charge is 0.234 e. The van der Waals surface area contributed by atoms with Crippen molar-refractivity contribution in [1.82, 2.24) is 0 Å². The molecule has 11 heteroatoms. The van der Waals surface area contributed by atoms with Crippen molar-refractivity contribution in [3.05, 3.63) is 12.7 Å². The molecule has 0 saturated carbocycles. The predicted molar refractivity (Wildman–Crippen MR) is 72.9 cm³/mol. The molecule has 156 valence electrons. The van der Waals surface area contributed by atoms with Crippen LogP contribution in [0.25, 0.3) is 0 Å². The summed E-state index contributed by atoms with van der Waals surface area (Å²) >= 11 is 0. The molecule has 0 rings (SSSR count). The quantitative estimate of drug-likeness (QED) is 0.214. The number of allylic oxidation sites excluding steroid dienone is 1. The van der Waals surface area contributed by atoms with Crippen LogP contribution in [0, 0.1) is 5.92 Å². The van der Waals surface area contributed by atoms with Crippen molar-refractivity contribution >= 4 is 0 Å². The van der Waals surface area contributed by atoms with E-state index >= 15 is 0 Å². The predicted octanol–water partition coefficient (Wildman–Crippen LogP) is 7.25. The van der Waals surface area contributed by atoms with Crippen LogP contribution in [0.3, 0.4) is 0 Å². The first-order chi connectivity index (χ1) is 11.4. The van der Waals surface area contributed by atoms with Crippen LogP contribution in [0.1, 0.15) is 45.4 Å². The topological polar surface area (TPSA) is 0 Å². The van der Waals surface area contributed by atoms with Gasteiger partial charge in [-0.1, -0.05) is 18.9 Å². The normalized spacial score (nSPS) is 17.7. The van der Waals surface area contributed by atoms with Gasteiger partial charge in [0.2, 0.25) is 5.67 Å². The molecule has 2 atom stereocenters. The second kappa shape index (κ2) is 8.33. The molecule has 26 heavy (non-hydrogen) atoms. The van der Waals surface area contributed by atoms with Gasteiger partial charge >= 0.3 is 18.5 Å². The van der Waals surface area contributed by atoms with Gasteiger partial charge in [-0.05, 0) is 32.1 Å². The molecule has 0 nitrogen and oxygen atoms in total. The van der Waals surface area contributed by atoms with Crippen molar-refractivity contribution in [1.29, 1.82) is 0 Å².